The normalized spacial score (nSPS) is 28.3. The van der Waals surface area contributed by atoms with Crippen molar-refractivity contribution in [2.24, 2.45) is 0 Å². The van der Waals surface area contributed by atoms with Crippen LogP contribution in [0, 0.1) is 0 Å². The van der Waals surface area contributed by atoms with E-state index in [0.717, 1.165) is 28.3 Å². The van der Waals surface area contributed by atoms with Crippen LogP contribution in [0.3, 0.4) is 0 Å². The van der Waals surface area contributed by atoms with Gasteiger partial charge in [-0.15, -0.1) is 11.6 Å². The van der Waals surface area contributed by atoms with Crippen molar-refractivity contribution in [1.82, 2.24) is 0 Å². The molecule has 2 fully saturated rings. The van der Waals surface area contributed by atoms with Crippen molar-refractivity contribution in [3.8, 4) is 17.2 Å². The van der Waals surface area contributed by atoms with E-state index in [9.17, 15) is 50.4 Å². The summed E-state index contributed by atoms with van der Waals surface area (Å²) in [6.45, 7) is 7.13. The Morgan fingerprint density at radius 3 is 1.56 bits per heavy atom. The van der Waals surface area contributed by atoms with Gasteiger partial charge in [0.2, 0.25) is 12.6 Å². The van der Waals surface area contributed by atoms with Crippen LogP contribution < -0.4 is 24.0 Å². The van der Waals surface area contributed by atoms with Crippen LogP contribution in [0.25, 0.3) is 33.7 Å². The number of halogens is 1. The molecule has 0 aromatic heterocycles. The average Bonchev–Trinajstić information content (AvgIpc) is 3.96. The molecule has 0 unspecified atom stereocenters. The number of aliphatic hydroxyl groups excluding tert-OH is 8. The highest BCUT2D eigenvalue weighted by Gasteiger charge is 2.47. The minimum atomic E-state index is -1.65. The predicted molar refractivity (Wildman–Crippen MR) is 273 cm³/mol. The number of amides is 2. The molecule has 0 bridgehead atoms. The fraction of sp³-hybridized carbons (Fsp3) is 0.418. The van der Waals surface area contributed by atoms with Gasteiger partial charge in [0, 0.05) is 71.4 Å². The predicted octanol–water partition coefficient (Wildman–Crippen LogP) is 4.46. The van der Waals surface area contributed by atoms with Gasteiger partial charge in [-0.1, -0.05) is 67.6 Å². The number of carbonyl (C=O) groups is 2. The third-order valence-electron chi connectivity index (χ3n) is 13.9. The number of fused-ring (bicyclic) bond motifs is 6. The molecule has 0 spiro atoms. The second-order valence-corrected chi connectivity index (χ2v) is 20.2. The summed E-state index contributed by atoms with van der Waals surface area (Å²) in [5.41, 5.74) is 3.48. The molecule has 2 saturated heterocycles. The topological polar surface area (TPSA) is 249 Å². The van der Waals surface area contributed by atoms with Crippen molar-refractivity contribution in [3.63, 3.8) is 0 Å². The first kappa shape index (κ1) is 52.2. The Hall–Kier alpha value is -5.67. The molecule has 5 aromatic rings. The van der Waals surface area contributed by atoms with E-state index in [0.29, 0.717) is 45.6 Å². The third-order valence-corrected chi connectivity index (χ3v) is 14.3. The lowest BCUT2D eigenvalue weighted by atomic mass is 9.92. The van der Waals surface area contributed by atoms with Gasteiger partial charge in [-0.2, -0.15) is 0 Å². The lowest BCUT2D eigenvalue weighted by Gasteiger charge is -2.39. The third kappa shape index (κ3) is 10.2. The summed E-state index contributed by atoms with van der Waals surface area (Å²) in [7, 11) is 0. The SMILES string of the molecule is CC[C@@H]1CN(C(=O)/C=C/c2ccc(/C=C/C(=O)N3C[C@@H](CCl)c4c3cc(O[C@@H]3O[C@H](CO)[C@H](O)[C@H](O)[C@H]3O)c3ccccc43)cc2OC(C)(C)C)c2cc(O[C@@H]3O[C@H](CO)[C@H](O)[C@H](O)[C@H]3O)c3ccccc3c21. The average molecular weight is 1030 g/mol. The summed E-state index contributed by atoms with van der Waals surface area (Å²) in [4.78, 5) is 31.8. The lowest BCUT2D eigenvalue weighted by molar-refractivity contribution is -0.277. The van der Waals surface area contributed by atoms with E-state index >= 15 is 0 Å². The van der Waals surface area contributed by atoms with E-state index in [1.165, 1.54) is 12.2 Å². The summed E-state index contributed by atoms with van der Waals surface area (Å²) in [6.07, 6.45) is -7.99. The molecule has 73 heavy (non-hydrogen) atoms. The second kappa shape index (κ2) is 21.3. The number of rotatable bonds is 13. The minimum absolute atomic E-state index is 0.0202. The van der Waals surface area contributed by atoms with Crippen LogP contribution in [0.15, 0.2) is 91.0 Å². The summed E-state index contributed by atoms with van der Waals surface area (Å²) >= 11 is 6.54. The van der Waals surface area contributed by atoms with Gasteiger partial charge < -0.3 is 74.3 Å². The molecule has 4 heterocycles. The zero-order chi connectivity index (χ0) is 52.0. The highest BCUT2D eigenvalue weighted by molar-refractivity contribution is 6.19. The first-order chi connectivity index (χ1) is 34.9. The maximum absolute atomic E-state index is 14.3. The van der Waals surface area contributed by atoms with Crippen LogP contribution in [0.4, 0.5) is 11.4 Å². The van der Waals surface area contributed by atoms with Gasteiger partial charge >= 0.3 is 0 Å². The van der Waals surface area contributed by atoms with Crippen molar-refractivity contribution < 1.29 is 74.1 Å². The van der Waals surface area contributed by atoms with E-state index in [4.69, 9.17) is 35.3 Å². The number of hydrogen-bond donors (Lipinski definition) is 8. The van der Waals surface area contributed by atoms with Crippen LogP contribution in [0.1, 0.15) is 68.2 Å². The molecule has 9 rings (SSSR count). The number of nitrogens with zero attached hydrogens (tertiary/aromatic N) is 2. The Morgan fingerprint density at radius 1 is 0.630 bits per heavy atom. The van der Waals surface area contributed by atoms with Crippen LogP contribution in [-0.4, -0.2) is 152 Å². The van der Waals surface area contributed by atoms with E-state index < -0.39 is 80.2 Å². The number of ether oxygens (including phenoxy) is 5. The van der Waals surface area contributed by atoms with Gasteiger partial charge in [0.05, 0.1) is 24.6 Å². The summed E-state index contributed by atoms with van der Waals surface area (Å²) in [5, 5.41) is 85.8. The highest BCUT2D eigenvalue weighted by Crippen LogP contribution is 2.48. The number of benzene rings is 5. The Morgan fingerprint density at radius 2 is 1.10 bits per heavy atom. The van der Waals surface area contributed by atoms with E-state index in [1.54, 1.807) is 52.3 Å². The molecule has 0 radical (unpaired) electrons. The molecule has 8 N–H and O–H groups in total. The second-order valence-electron chi connectivity index (χ2n) is 19.9. The molecule has 17 nitrogen and oxygen atoms in total. The molecule has 4 aliphatic rings. The molecule has 0 aliphatic carbocycles. The largest absolute Gasteiger partial charge is 0.488 e. The smallest absolute Gasteiger partial charge is 0.251 e. The summed E-state index contributed by atoms with van der Waals surface area (Å²) < 4.78 is 30.2. The van der Waals surface area contributed by atoms with Crippen molar-refractivity contribution in [2.75, 3.05) is 42.0 Å². The van der Waals surface area contributed by atoms with Gasteiger partial charge in [0.1, 0.15) is 71.7 Å². The Kier molecular flexibility index (Phi) is 15.2. The molecule has 5 aromatic carbocycles. The fourth-order valence-electron chi connectivity index (χ4n) is 10.2. The van der Waals surface area contributed by atoms with E-state index in [-0.39, 0.29) is 47.6 Å². The van der Waals surface area contributed by atoms with Crippen molar-refractivity contribution in [1.29, 1.82) is 0 Å². The summed E-state index contributed by atoms with van der Waals surface area (Å²) in [5.74, 6) is 0.230. The molecular formula is C55H61ClN2O15. The van der Waals surface area contributed by atoms with Crippen molar-refractivity contribution in [2.45, 2.75) is 113 Å². The maximum atomic E-state index is 14.3. The van der Waals surface area contributed by atoms with Gasteiger partial charge in [-0.3, -0.25) is 9.59 Å². The van der Waals surface area contributed by atoms with Crippen LogP contribution in [0.5, 0.6) is 17.2 Å². The monoisotopic (exact) mass is 1020 g/mol. The van der Waals surface area contributed by atoms with Gasteiger partial charge in [-0.05, 0) is 72.9 Å². The molecule has 12 atom stereocenters. The van der Waals surface area contributed by atoms with Gasteiger partial charge in [-0.25, -0.2) is 0 Å². The quantitative estimate of drug-likeness (QED) is 0.0599. The lowest BCUT2D eigenvalue weighted by Crippen LogP contribution is -2.60. The first-order valence-corrected chi connectivity index (χ1v) is 24.9. The fourth-order valence-corrected chi connectivity index (χ4v) is 10.4. The Bertz CT molecular complexity index is 2920. The number of carbonyl (C=O) groups excluding carboxylic acids is 2. The van der Waals surface area contributed by atoms with E-state index in [2.05, 4.69) is 6.92 Å². The molecule has 388 valence electrons. The van der Waals surface area contributed by atoms with Crippen LogP contribution >= 0.6 is 11.6 Å². The first-order valence-electron chi connectivity index (χ1n) is 24.4. The summed E-state index contributed by atoms with van der Waals surface area (Å²) in [6, 6.07) is 23.6. The Labute approximate surface area is 426 Å². The standard InChI is InChI=1S/C55H61ClN2O15/c1-5-29-24-57(36-21-39(32-10-6-8-12-34(32)45(29)36)69-53-51(67)49(65)47(63)41(26-59)71-53)44(62)19-17-30-16-14-28(20-38(30)73-55(2,3)4)15-18-43(61)58-25-31(23-56)46-35-13-9-7-11-33(35)40(22-37(46)58)70-54-52(68)50(66)48(64)42(27-60)72-54/h6-22,29,31,41-42,47-54,59-60,63-68H,5,23-27H2,1-4H3/b18-15+,19-17+/t29-,31-,41-,42-,47+,48+,49+,50+,51-,52-,53-,54-/m1/s1. The minimum Gasteiger partial charge on any atom is -0.488 e. The number of hydrogen-bond acceptors (Lipinski definition) is 15. The molecular weight excluding hydrogens is 964 g/mol. The van der Waals surface area contributed by atoms with E-state index in [1.807, 2.05) is 69.3 Å². The maximum Gasteiger partial charge on any atom is 0.251 e. The molecule has 4 aliphatic heterocycles. The van der Waals surface area contributed by atoms with Crippen molar-refractivity contribution in [3.05, 3.63) is 113 Å². The highest BCUT2D eigenvalue weighted by atomic mass is 35.5. The molecule has 2 amide bonds. The van der Waals surface area contributed by atoms with Gasteiger partial charge in [0.15, 0.2) is 0 Å². The number of alkyl halides is 1. The molecule has 18 heteroatoms. The molecule has 0 saturated carbocycles. The van der Waals surface area contributed by atoms with Crippen LogP contribution in [-0.2, 0) is 19.1 Å². The number of anilines is 2. The Balaban J connectivity index is 0.979. The number of aliphatic hydroxyl groups is 8. The van der Waals surface area contributed by atoms with Crippen LogP contribution in [0.2, 0.25) is 0 Å². The van der Waals surface area contributed by atoms with Crippen molar-refractivity contribution >= 4 is 68.5 Å². The zero-order valence-corrected chi connectivity index (χ0v) is 41.4. The zero-order valence-electron chi connectivity index (χ0n) is 40.7. The van der Waals surface area contributed by atoms with Gasteiger partial charge in [0.25, 0.3) is 11.8 Å².